The van der Waals surface area contributed by atoms with E-state index in [0.717, 1.165) is 11.3 Å². The minimum absolute atomic E-state index is 0.223. The molecule has 0 spiro atoms. The molecule has 2 amide bonds. The highest BCUT2D eigenvalue weighted by atomic mass is 19.1. The summed E-state index contributed by atoms with van der Waals surface area (Å²) in [6.45, 7) is 1.78. The summed E-state index contributed by atoms with van der Waals surface area (Å²) in [5, 5.41) is 0. The van der Waals surface area contributed by atoms with Gasteiger partial charge < -0.3 is 19.1 Å². The van der Waals surface area contributed by atoms with Crippen molar-refractivity contribution in [3.63, 3.8) is 0 Å². The SMILES string of the molecule is COCCN(CCOC)C1=C(c2ccc(F)cc2)C(=O)N(CCc2ccc(OC)cc2)C1=O. The van der Waals surface area contributed by atoms with Gasteiger partial charge in [0.2, 0.25) is 0 Å². The second-order valence-electron chi connectivity index (χ2n) is 7.56. The van der Waals surface area contributed by atoms with Crippen LogP contribution in [0.2, 0.25) is 0 Å². The van der Waals surface area contributed by atoms with Crippen LogP contribution >= 0.6 is 0 Å². The first-order valence-corrected chi connectivity index (χ1v) is 10.7. The topological polar surface area (TPSA) is 68.3 Å². The van der Waals surface area contributed by atoms with E-state index in [-0.39, 0.29) is 23.7 Å². The summed E-state index contributed by atoms with van der Waals surface area (Å²) in [6, 6.07) is 13.1. The van der Waals surface area contributed by atoms with Gasteiger partial charge in [-0.15, -0.1) is 0 Å². The second-order valence-corrected chi connectivity index (χ2v) is 7.56. The van der Waals surface area contributed by atoms with Gasteiger partial charge in [-0.2, -0.15) is 0 Å². The third-order valence-electron chi connectivity index (χ3n) is 5.51. The standard InChI is InChI=1S/C25H29FN2O5/c1-31-16-14-27(15-17-32-2)23-22(19-6-8-20(26)9-7-19)24(29)28(25(23)30)13-12-18-4-10-21(33-3)11-5-18/h4-11H,12-17H2,1-3H3. The zero-order chi connectivity index (χ0) is 23.8. The van der Waals surface area contributed by atoms with Gasteiger partial charge in [0.15, 0.2) is 0 Å². The van der Waals surface area contributed by atoms with Crippen molar-refractivity contribution in [1.29, 1.82) is 0 Å². The van der Waals surface area contributed by atoms with Crippen LogP contribution in [0.25, 0.3) is 5.57 Å². The van der Waals surface area contributed by atoms with E-state index in [0.29, 0.717) is 38.3 Å². The van der Waals surface area contributed by atoms with Crippen LogP contribution in [0.1, 0.15) is 11.1 Å². The van der Waals surface area contributed by atoms with Gasteiger partial charge in [-0.05, 0) is 41.8 Å². The van der Waals surface area contributed by atoms with E-state index in [1.807, 2.05) is 24.3 Å². The van der Waals surface area contributed by atoms with Gasteiger partial charge in [0.25, 0.3) is 11.8 Å². The molecule has 7 nitrogen and oxygen atoms in total. The first-order valence-electron chi connectivity index (χ1n) is 10.7. The Morgan fingerprint density at radius 1 is 0.848 bits per heavy atom. The number of benzene rings is 2. The van der Waals surface area contributed by atoms with Crippen molar-refractivity contribution in [3.8, 4) is 5.75 Å². The number of amides is 2. The number of ether oxygens (including phenoxy) is 3. The average molecular weight is 457 g/mol. The van der Waals surface area contributed by atoms with Crippen LogP contribution in [-0.4, -0.2) is 75.8 Å². The van der Waals surface area contributed by atoms with Crippen LogP contribution in [0.5, 0.6) is 5.75 Å². The molecule has 33 heavy (non-hydrogen) atoms. The average Bonchev–Trinajstić information content (AvgIpc) is 3.08. The molecule has 0 N–H and O–H groups in total. The molecule has 0 fully saturated rings. The second kappa shape index (κ2) is 11.6. The van der Waals surface area contributed by atoms with Crippen molar-refractivity contribution < 1.29 is 28.2 Å². The van der Waals surface area contributed by atoms with E-state index in [4.69, 9.17) is 14.2 Å². The van der Waals surface area contributed by atoms with Gasteiger partial charge in [0.1, 0.15) is 17.3 Å². The number of hydrogen-bond acceptors (Lipinski definition) is 6. The Morgan fingerprint density at radius 3 is 2.00 bits per heavy atom. The van der Waals surface area contributed by atoms with Gasteiger partial charge in [-0.25, -0.2) is 4.39 Å². The molecule has 8 heteroatoms. The molecule has 1 aliphatic heterocycles. The van der Waals surface area contributed by atoms with Crippen LogP contribution in [-0.2, 0) is 25.5 Å². The summed E-state index contributed by atoms with van der Waals surface area (Å²) in [4.78, 5) is 30.0. The molecule has 0 radical (unpaired) electrons. The van der Waals surface area contributed by atoms with Gasteiger partial charge >= 0.3 is 0 Å². The summed E-state index contributed by atoms with van der Waals surface area (Å²) in [5.41, 5.74) is 2.03. The maximum atomic E-state index is 13.5. The molecule has 0 aromatic heterocycles. The maximum Gasteiger partial charge on any atom is 0.277 e. The van der Waals surface area contributed by atoms with Crippen molar-refractivity contribution in [2.24, 2.45) is 0 Å². The monoisotopic (exact) mass is 456 g/mol. The lowest BCUT2D eigenvalue weighted by Gasteiger charge is -2.25. The predicted octanol–water partition coefficient (Wildman–Crippen LogP) is 2.75. The molecule has 0 saturated carbocycles. The molecular formula is C25H29FN2O5. The van der Waals surface area contributed by atoms with Crippen LogP contribution in [0.3, 0.4) is 0 Å². The highest BCUT2D eigenvalue weighted by molar-refractivity contribution is 6.35. The lowest BCUT2D eigenvalue weighted by molar-refractivity contribution is -0.137. The summed E-state index contributed by atoms with van der Waals surface area (Å²) in [7, 11) is 4.75. The molecular weight excluding hydrogens is 427 g/mol. The number of halogens is 1. The molecule has 176 valence electrons. The predicted molar refractivity (Wildman–Crippen MR) is 122 cm³/mol. The van der Waals surface area contributed by atoms with E-state index >= 15 is 0 Å². The van der Waals surface area contributed by atoms with Crippen LogP contribution < -0.4 is 4.74 Å². The Balaban J connectivity index is 1.92. The quantitative estimate of drug-likeness (QED) is 0.458. The minimum atomic E-state index is -0.412. The Labute approximate surface area is 193 Å². The third kappa shape index (κ3) is 5.77. The Kier molecular flexibility index (Phi) is 8.57. The van der Waals surface area contributed by atoms with E-state index in [1.165, 1.54) is 29.2 Å². The number of hydrogen-bond donors (Lipinski definition) is 0. The molecule has 1 heterocycles. The van der Waals surface area contributed by atoms with Crippen molar-refractivity contribution >= 4 is 17.4 Å². The van der Waals surface area contributed by atoms with Crippen LogP contribution in [0.15, 0.2) is 54.2 Å². The lowest BCUT2D eigenvalue weighted by atomic mass is 10.0. The van der Waals surface area contributed by atoms with Gasteiger partial charge in [-0.3, -0.25) is 14.5 Å². The highest BCUT2D eigenvalue weighted by Gasteiger charge is 2.41. The highest BCUT2D eigenvalue weighted by Crippen LogP contribution is 2.32. The van der Waals surface area contributed by atoms with E-state index in [1.54, 1.807) is 26.2 Å². The van der Waals surface area contributed by atoms with Crippen molar-refractivity contribution in [1.82, 2.24) is 9.80 Å². The zero-order valence-corrected chi connectivity index (χ0v) is 19.2. The summed E-state index contributed by atoms with van der Waals surface area (Å²) in [6.07, 6.45) is 0.502. The molecule has 1 aliphatic rings. The number of imide groups is 1. The van der Waals surface area contributed by atoms with Crippen molar-refractivity contribution in [2.75, 3.05) is 54.2 Å². The summed E-state index contributed by atoms with van der Waals surface area (Å²) >= 11 is 0. The molecule has 0 unspecified atom stereocenters. The first kappa shape index (κ1) is 24.4. The third-order valence-corrected chi connectivity index (χ3v) is 5.51. The van der Waals surface area contributed by atoms with Gasteiger partial charge in [-0.1, -0.05) is 24.3 Å². The van der Waals surface area contributed by atoms with Gasteiger partial charge in [0.05, 0.1) is 25.9 Å². The fourth-order valence-corrected chi connectivity index (χ4v) is 3.71. The number of rotatable bonds is 12. The molecule has 0 aliphatic carbocycles. The molecule has 3 rings (SSSR count). The van der Waals surface area contributed by atoms with E-state index in [9.17, 15) is 14.0 Å². The number of nitrogens with zero attached hydrogens (tertiary/aromatic N) is 2. The Morgan fingerprint density at radius 2 is 1.45 bits per heavy atom. The van der Waals surface area contributed by atoms with E-state index < -0.39 is 11.7 Å². The summed E-state index contributed by atoms with van der Waals surface area (Å²) < 4.78 is 29.1. The fraction of sp³-hybridized carbons (Fsp3) is 0.360. The Bertz CT molecular complexity index is 981. The maximum absolute atomic E-state index is 13.5. The minimum Gasteiger partial charge on any atom is -0.497 e. The zero-order valence-electron chi connectivity index (χ0n) is 19.2. The smallest absolute Gasteiger partial charge is 0.277 e. The van der Waals surface area contributed by atoms with Crippen LogP contribution in [0.4, 0.5) is 4.39 Å². The largest absolute Gasteiger partial charge is 0.497 e. The number of carbonyl (C=O) groups is 2. The molecule has 2 aromatic carbocycles. The van der Waals surface area contributed by atoms with Crippen molar-refractivity contribution in [3.05, 3.63) is 71.2 Å². The molecule has 0 atom stereocenters. The van der Waals surface area contributed by atoms with E-state index in [2.05, 4.69) is 0 Å². The molecule has 0 saturated heterocycles. The Hall–Kier alpha value is -3.23. The molecule has 2 aromatic rings. The summed E-state index contributed by atoms with van der Waals surface area (Å²) in [5.74, 6) is -0.443. The number of carbonyl (C=O) groups excluding carboxylic acids is 2. The normalized spacial score (nSPS) is 13.8. The number of methoxy groups -OCH3 is 3. The molecule has 0 bridgehead atoms. The van der Waals surface area contributed by atoms with Crippen molar-refractivity contribution in [2.45, 2.75) is 6.42 Å². The fourth-order valence-electron chi connectivity index (χ4n) is 3.71. The van der Waals surface area contributed by atoms with Crippen LogP contribution in [0, 0.1) is 5.82 Å². The van der Waals surface area contributed by atoms with Gasteiger partial charge in [0, 0.05) is 33.9 Å². The first-order chi connectivity index (χ1) is 16.0. The lowest BCUT2D eigenvalue weighted by Crippen LogP contribution is -2.38.